The van der Waals surface area contributed by atoms with Gasteiger partial charge in [0.1, 0.15) is 0 Å². The van der Waals surface area contributed by atoms with Crippen LogP contribution in [0.15, 0.2) is 24.3 Å². The summed E-state index contributed by atoms with van der Waals surface area (Å²) in [5, 5.41) is 3.65. The predicted molar refractivity (Wildman–Crippen MR) is 79.1 cm³/mol. The van der Waals surface area contributed by atoms with Crippen LogP contribution in [0.25, 0.3) is 0 Å². The molecule has 0 spiro atoms. The second-order valence-corrected chi connectivity index (χ2v) is 6.80. The maximum atomic E-state index is 3.65. The van der Waals surface area contributed by atoms with Gasteiger partial charge in [0, 0.05) is 6.54 Å². The summed E-state index contributed by atoms with van der Waals surface area (Å²) in [6, 6.07) is 8.99. The molecule has 1 unspecified atom stereocenters. The molecule has 0 heterocycles. The molecule has 0 aliphatic heterocycles. The summed E-state index contributed by atoms with van der Waals surface area (Å²) in [6.45, 7) is 9.22. The SMILES string of the molecule is CC(C)(C)CCNCC1CCCc2ccccc21. The Labute approximate surface area is 112 Å². The zero-order valence-corrected chi connectivity index (χ0v) is 12.1. The van der Waals surface area contributed by atoms with Gasteiger partial charge in [-0.15, -0.1) is 0 Å². The molecule has 0 saturated carbocycles. The standard InChI is InChI=1S/C17H27N/c1-17(2,3)11-12-18-13-15-9-6-8-14-7-4-5-10-16(14)15/h4-5,7,10,15,18H,6,8-9,11-13H2,1-3H3. The summed E-state index contributed by atoms with van der Waals surface area (Å²) in [5.41, 5.74) is 3.61. The van der Waals surface area contributed by atoms with Crippen molar-refractivity contribution in [3.63, 3.8) is 0 Å². The molecule has 0 amide bonds. The summed E-state index contributed by atoms with van der Waals surface area (Å²) >= 11 is 0. The molecular formula is C17H27N. The maximum absolute atomic E-state index is 3.65. The second-order valence-electron chi connectivity index (χ2n) is 6.80. The topological polar surface area (TPSA) is 12.0 Å². The van der Waals surface area contributed by atoms with E-state index in [9.17, 15) is 0 Å². The van der Waals surface area contributed by atoms with E-state index in [4.69, 9.17) is 0 Å². The fourth-order valence-electron chi connectivity index (χ4n) is 2.81. The van der Waals surface area contributed by atoms with E-state index < -0.39 is 0 Å². The summed E-state index contributed by atoms with van der Waals surface area (Å²) in [6.07, 6.45) is 5.22. The van der Waals surface area contributed by atoms with Crippen LogP contribution >= 0.6 is 0 Å². The monoisotopic (exact) mass is 245 g/mol. The fraction of sp³-hybridized carbons (Fsp3) is 0.647. The van der Waals surface area contributed by atoms with Crippen molar-refractivity contribution >= 4 is 0 Å². The van der Waals surface area contributed by atoms with Crippen LogP contribution in [0.4, 0.5) is 0 Å². The van der Waals surface area contributed by atoms with Crippen molar-refractivity contribution in [1.82, 2.24) is 5.32 Å². The van der Waals surface area contributed by atoms with Crippen LogP contribution < -0.4 is 5.32 Å². The minimum Gasteiger partial charge on any atom is -0.316 e. The number of benzene rings is 1. The van der Waals surface area contributed by atoms with E-state index >= 15 is 0 Å². The van der Waals surface area contributed by atoms with Crippen LogP contribution in [0, 0.1) is 5.41 Å². The van der Waals surface area contributed by atoms with Crippen LogP contribution in [0.1, 0.15) is 57.1 Å². The Bertz CT molecular complexity index is 375. The smallest absolute Gasteiger partial charge is 0.00202 e. The third kappa shape index (κ3) is 3.84. The van der Waals surface area contributed by atoms with Crippen LogP contribution in [0.2, 0.25) is 0 Å². The van der Waals surface area contributed by atoms with Crippen LogP contribution in [0.3, 0.4) is 0 Å². The van der Waals surface area contributed by atoms with Crippen LogP contribution in [-0.4, -0.2) is 13.1 Å². The van der Waals surface area contributed by atoms with Gasteiger partial charge in [-0.25, -0.2) is 0 Å². The normalized spacial score (nSPS) is 19.6. The molecule has 0 aromatic heterocycles. The van der Waals surface area contributed by atoms with E-state index in [0.29, 0.717) is 5.41 Å². The van der Waals surface area contributed by atoms with Crippen molar-refractivity contribution in [2.75, 3.05) is 13.1 Å². The Morgan fingerprint density at radius 1 is 1.22 bits per heavy atom. The molecule has 0 bridgehead atoms. The third-order valence-electron chi connectivity index (χ3n) is 3.94. The molecule has 100 valence electrons. The number of hydrogen-bond acceptors (Lipinski definition) is 1. The molecule has 0 fully saturated rings. The van der Waals surface area contributed by atoms with Gasteiger partial charge in [-0.3, -0.25) is 0 Å². The lowest BCUT2D eigenvalue weighted by molar-refractivity contribution is 0.361. The van der Waals surface area contributed by atoms with Gasteiger partial charge in [0.25, 0.3) is 0 Å². The number of fused-ring (bicyclic) bond motifs is 1. The first-order chi connectivity index (χ1) is 8.56. The highest BCUT2D eigenvalue weighted by atomic mass is 14.9. The van der Waals surface area contributed by atoms with Gasteiger partial charge in [0.05, 0.1) is 0 Å². The number of nitrogens with one attached hydrogen (secondary N) is 1. The van der Waals surface area contributed by atoms with Crippen molar-refractivity contribution in [2.45, 2.75) is 52.4 Å². The summed E-state index contributed by atoms with van der Waals surface area (Å²) in [7, 11) is 0. The molecule has 1 nitrogen and oxygen atoms in total. The Balaban J connectivity index is 1.84. The highest BCUT2D eigenvalue weighted by molar-refractivity contribution is 5.32. The lowest BCUT2D eigenvalue weighted by Gasteiger charge is -2.26. The highest BCUT2D eigenvalue weighted by Gasteiger charge is 2.19. The molecular weight excluding hydrogens is 218 g/mol. The molecule has 1 aliphatic rings. The molecule has 18 heavy (non-hydrogen) atoms. The maximum Gasteiger partial charge on any atom is 0.00202 e. The first-order valence-corrected chi connectivity index (χ1v) is 7.35. The van der Waals surface area contributed by atoms with E-state index in [1.54, 1.807) is 11.1 Å². The number of rotatable bonds is 4. The van der Waals surface area contributed by atoms with Crippen molar-refractivity contribution in [3.8, 4) is 0 Å². The van der Waals surface area contributed by atoms with Gasteiger partial charge in [-0.1, -0.05) is 45.0 Å². The van der Waals surface area contributed by atoms with E-state index in [0.717, 1.165) is 19.0 Å². The molecule has 0 saturated heterocycles. The quantitative estimate of drug-likeness (QED) is 0.786. The fourth-order valence-corrected chi connectivity index (χ4v) is 2.81. The Morgan fingerprint density at radius 3 is 2.78 bits per heavy atom. The lowest BCUT2D eigenvalue weighted by atomic mass is 9.83. The first-order valence-electron chi connectivity index (χ1n) is 7.35. The average Bonchev–Trinajstić information content (AvgIpc) is 2.33. The molecule has 1 heteroatoms. The minimum absolute atomic E-state index is 0.442. The molecule has 1 atom stereocenters. The summed E-state index contributed by atoms with van der Waals surface area (Å²) < 4.78 is 0. The van der Waals surface area contributed by atoms with E-state index in [2.05, 4.69) is 50.4 Å². The minimum atomic E-state index is 0.442. The van der Waals surface area contributed by atoms with Gasteiger partial charge in [-0.05, 0) is 54.7 Å². The zero-order chi connectivity index (χ0) is 13.0. The Kier molecular flexibility index (Phi) is 4.45. The summed E-state index contributed by atoms with van der Waals surface area (Å²) in [4.78, 5) is 0. The molecule has 1 aromatic carbocycles. The Hall–Kier alpha value is -0.820. The number of hydrogen-bond donors (Lipinski definition) is 1. The molecule has 1 aliphatic carbocycles. The molecule has 0 radical (unpaired) electrons. The van der Waals surface area contributed by atoms with Crippen LogP contribution in [-0.2, 0) is 6.42 Å². The van der Waals surface area contributed by atoms with Gasteiger partial charge < -0.3 is 5.32 Å². The largest absolute Gasteiger partial charge is 0.316 e. The van der Waals surface area contributed by atoms with Crippen molar-refractivity contribution in [3.05, 3.63) is 35.4 Å². The van der Waals surface area contributed by atoms with Gasteiger partial charge in [-0.2, -0.15) is 0 Å². The van der Waals surface area contributed by atoms with Crippen molar-refractivity contribution in [1.29, 1.82) is 0 Å². The Morgan fingerprint density at radius 2 is 2.00 bits per heavy atom. The van der Waals surface area contributed by atoms with Crippen molar-refractivity contribution < 1.29 is 0 Å². The first kappa shape index (κ1) is 13.6. The predicted octanol–water partition coefficient (Wildman–Crippen LogP) is 4.13. The van der Waals surface area contributed by atoms with Crippen molar-refractivity contribution in [2.24, 2.45) is 5.41 Å². The highest BCUT2D eigenvalue weighted by Crippen LogP contribution is 2.30. The van der Waals surface area contributed by atoms with E-state index in [-0.39, 0.29) is 0 Å². The number of aryl methyl sites for hydroxylation is 1. The zero-order valence-electron chi connectivity index (χ0n) is 12.1. The molecule has 1 aromatic rings. The molecule has 1 N–H and O–H groups in total. The van der Waals surface area contributed by atoms with Gasteiger partial charge in [0.2, 0.25) is 0 Å². The second kappa shape index (κ2) is 5.88. The lowest BCUT2D eigenvalue weighted by Crippen LogP contribution is -2.27. The van der Waals surface area contributed by atoms with Gasteiger partial charge in [0.15, 0.2) is 0 Å². The van der Waals surface area contributed by atoms with Crippen LogP contribution in [0.5, 0.6) is 0 Å². The molecule has 2 rings (SSSR count). The average molecular weight is 245 g/mol. The van der Waals surface area contributed by atoms with Gasteiger partial charge >= 0.3 is 0 Å². The van der Waals surface area contributed by atoms with E-state index in [1.165, 1.54) is 25.7 Å². The third-order valence-corrected chi connectivity index (χ3v) is 3.94. The summed E-state index contributed by atoms with van der Waals surface area (Å²) in [5.74, 6) is 0.731. The van der Waals surface area contributed by atoms with E-state index in [1.807, 2.05) is 0 Å².